The lowest BCUT2D eigenvalue weighted by Gasteiger charge is -2.28. The fraction of sp³-hybridized carbons (Fsp3) is 0.182. The summed E-state index contributed by atoms with van der Waals surface area (Å²) in [6, 6.07) is 15.2. The van der Waals surface area contributed by atoms with E-state index in [1.807, 2.05) is 30.3 Å². The van der Waals surface area contributed by atoms with Crippen molar-refractivity contribution < 1.29 is 9.53 Å². The van der Waals surface area contributed by atoms with Crippen LogP contribution >= 0.6 is 11.6 Å². The second-order valence-corrected chi connectivity index (χ2v) is 7.02. The fourth-order valence-corrected chi connectivity index (χ4v) is 3.52. The van der Waals surface area contributed by atoms with Crippen LogP contribution in [0.4, 0.5) is 5.69 Å². The number of hydrogen-bond acceptors (Lipinski definition) is 4. The van der Waals surface area contributed by atoms with Gasteiger partial charge in [-0.1, -0.05) is 29.8 Å². The number of carbonyl (C=O) groups excluding carboxylic acids is 1. The topological polar surface area (TPSA) is 69.1 Å². The number of hydrogen-bond donors (Lipinski definition) is 1. The second kappa shape index (κ2) is 7.89. The molecule has 1 saturated heterocycles. The van der Waals surface area contributed by atoms with Gasteiger partial charge in [-0.25, -0.2) is 0 Å². The lowest BCUT2D eigenvalue weighted by atomic mass is 10.0. The first-order valence-electron chi connectivity index (χ1n) is 9.01. The lowest BCUT2D eigenvalue weighted by Crippen LogP contribution is -2.36. The molecule has 2 heterocycles. The highest BCUT2D eigenvalue weighted by molar-refractivity contribution is 6.31. The summed E-state index contributed by atoms with van der Waals surface area (Å²) in [5, 5.41) is 10.9. The van der Waals surface area contributed by atoms with Crippen molar-refractivity contribution >= 4 is 40.1 Å². The maximum absolute atomic E-state index is 12.9. The Morgan fingerprint density at radius 3 is 2.64 bits per heavy atom. The molecule has 0 spiro atoms. The number of aromatic nitrogens is 1. The molecule has 0 unspecified atom stereocenters. The number of Topliss-reactive ketones (excluding diaryl/α,β-unsaturated/α-hetero) is 1. The number of carbonyl (C=O) groups is 1. The number of nitrogens with zero attached hydrogens (tertiary/aromatic N) is 2. The maximum Gasteiger partial charge on any atom is 0.205 e. The summed E-state index contributed by atoms with van der Waals surface area (Å²) in [6.45, 7) is 3.18. The van der Waals surface area contributed by atoms with Gasteiger partial charge in [0.15, 0.2) is 0 Å². The summed E-state index contributed by atoms with van der Waals surface area (Å²) in [7, 11) is 0. The van der Waals surface area contributed by atoms with Crippen molar-refractivity contribution in [2.45, 2.75) is 0 Å². The van der Waals surface area contributed by atoms with Gasteiger partial charge >= 0.3 is 0 Å². The molecule has 6 heteroatoms. The van der Waals surface area contributed by atoms with E-state index in [0.29, 0.717) is 10.6 Å². The van der Waals surface area contributed by atoms with Crippen molar-refractivity contribution in [1.82, 2.24) is 4.98 Å². The Morgan fingerprint density at radius 1 is 1.18 bits per heavy atom. The number of morpholine rings is 1. The molecule has 1 aliphatic heterocycles. The Labute approximate surface area is 167 Å². The van der Waals surface area contributed by atoms with Crippen molar-refractivity contribution in [2.24, 2.45) is 0 Å². The molecule has 0 bridgehead atoms. The number of benzene rings is 2. The Kier molecular flexibility index (Phi) is 5.16. The summed E-state index contributed by atoms with van der Waals surface area (Å²) in [5.41, 5.74) is 3.24. The molecule has 5 nitrogen and oxygen atoms in total. The Bertz CT molecular complexity index is 1090. The number of aromatic amines is 1. The molecule has 2 aromatic carbocycles. The average Bonchev–Trinajstić information content (AvgIpc) is 3.15. The summed E-state index contributed by atoms with van der Waals surface area (Å²) < 4.78 is 5.38. The van der Waals surface area contributed by atoms with Gasteiger partial charge in [-0.05, 0) is 35.9 Å². The summed E-state index contributed by atoms with van der Waals surface area (Å²) in [4.78, 5) is 18.2. The monoisotopic (exact) mass is 391 g/mol. The number of H-pyrrole nitrogens is 1. The third-order valence-electron chi connectivity index (χ3n) is 4.83. The van der Waals surface area contributed by atoms with Gasteiger partial charge in [0.1, 0.15) is 11.6 Å². The number of allylic oxidation sites excluding steroid dienone is 1. The van der Waals surface area contributed by atoms with Gasteiger partial charge in [-0.3, -0.25) is 4.79 Å². The highest BCUT2D eigenvalue weighted by Crippen LogP contribution is 2.25. The zero-order chi connectivity index (χ0) is 19.5. The highest BCUT2D eigenvalue weighted by atomic mass is 35.5. The van der Waals surface area contributed by atoms with E-state index in [1.165, 1.54) is 0 Å². The Morgan fingerprint density at radius 2 is 1.93 bits per heavy atom. The zero-order valence-electron chi connectivity index (χ0n) is 15.1. The van der Waals surface area contributed by atoms with Crippen molar-refractivity contribution in [2.75, 3.05) is 31.2 Å². The van der Waals surface area contributed by atoms with Gasteiger partial charge in [0.25, 0.3) is 0 Å². The van der Waals surface area contributed by atoms with Crippen LogP contribution in [0.15, 0.2) is 54.2 Å². The lowest BCUT2D eigenvalue weighted by molar-refractivity contribution is 0.104. The summed E-state index contributed by atoms with van der Waals surface area (Å²) >= 11 is 5.99. The molecule has 0 aliphatic carbocycles. The molecule has 1 N–H and O–H groups in total. The van der Waals surface area contributed by atoms with Gasteiger partial charge in [0.05, 0.1) is 13.2 Å². The van der Waals surface area contributed by atoms with Crippen LogP contribution in [0.2, 0.25) is 5.02 Å². The minimum absolute atomic E-state index is 0.0926. The van der Waals surface area contributed by atoms with Crippen LogP contribution in [-0.4, -0.2) is 37.1 Å². The van der Waals surface area contributed by atoms with Crippen molar-refractivity contribution in [3.05, 3.63) is 70.4 Å². The quantitative estimate of drug-likeness (QED) is 0.405. The van der Waals surface area contributed by atoms with Crippen LogP contribution in [0.25, 0.3) is 17.0 Å². The first-order chi connectivity index (χ1) is 13.7. The van der Waals surface area contributed by atoms with Gasteiger partial charge in [0.2, 0.25) is 5.78 Å². The summed E-state index contributed by atoms with van der Waals surface area (Å²) in [5.74, 6) is -0.312. The number of rotatable bonds is 4. The van der Waals surface area contributed by atoms with Crippen molar-refractivity contribution in [1.29, 1.82) is 5.26 Å². The third kappa shape index (κ3) is 3.65. The predicted octanol–water partition coefficient (Wildman–Crippen LogP) is 4.45. The molecule has 0 atom stereocenters. The molecule has 1 aromatic heterocycles. The van der Waals surface area contributed by atoms with Crippen LogP contribution in [0.1, 0.15) is 15.9 Å². The standard InChI is InChI=1S/C22H18ClN3O2/c23-17-3-6-19-20(14-25-21(19)12-17)22(27)16(13-24)11-15-1-4-18(5-2-15)26-7-9-28-10-8-26/h1-6,11-12,14,25H,7-10H2/b16-11+. The Balaban J connectivity index is 1.59. The number of ketones is 1. The van der Waals surface area contributed by atoms with Crippen LogP contribution in [0.3, 0.4) is 0 Å². The normalized spacial score (nSPS) is 14.9. The molecule has 4 rings (SSSR count). The fourth-order valence-electron chi connectivity index (χ4n) is 3.35. The largest absolute Gasteiger partial charge is 0.378 e. The van der Waals surface area contributed by atoms with E-state index in [1.54, 1.807) is 30.5 Å². The predicted molar refractivity (Wildman–Crippen MR) is 111 cm³/mol. The van der Waals surface area contributed by atoms with Gasteiger partial charge < -0.3 is 14.6 Å². The number of fused-ring (bicyclic) bond motifs is 1. The molecular weight excluding hydrogens is 374 g/mol. The van der Waals surface area contributed by atoms with Crippen LogP contribution in [0.5, 0.6) is 0 Å². The van der Waals surface area contributed by atoms with Crippen LogP contribution < -0.4 is 4.90 Å². The minimum Gasteiger partial charge on any atom is -0.378 e. The summed E-state index contributed by atoms with van der Waals surface area (Å²) in [6.07, 6.45) is 3.25. The number of nitriles is 1. The SMILES string of the molecule is N#C/C(=C\c1ccc(N2CCOCC2)cc1)C(=O)c1c[nH]c2cc(Cl)ccc12. The zero-order valence-corrected chi connectivity index (χ0v) is 15.9. The van der Waals surface area contributed by atoms with E-state index in [4.69, 9.17) is 16.3 Å². The van der Waals surface area contributed by atoms with Gasteiger partial charge in [0, 0.05) is 46.5 Å². The smallest absolute Gasteiger partial charge is 0.205 e. The van der Waals surface area contributed by atoms with E-state index in [0.717, 1.165) is 48.5 Å². The van der Waals surface area contributed by atoms with E-state index < -0.39 is 0 Å². The van der Waals surface area contributed by atoms with Crippen molar-refractivity contribution in [3.63, 3.8) is 0 Å². The van der Waals surface area contributed by atoms with Crippen LogP contribution in [-0.2, 0) is 4.74 Å². The molecule has 0 saturated carbocycles. The Hall–Kier alpha value is -3.07. The van der Waals surface area contributed by atoms with Gasteiger partial charge in [-0.2, -0.15) is 5.26 Å². The number of ether oxygens (including phenoxy) is 1. The number of anilines is 1. The van der Waals surface area contributed by atoms with Gasteiger partial charge in [-0.15, -0.1) is 0 Å². The molecule has 28 heavy (non-hydrogen) atoms. The van der Waals surface area contributed by atoms with Crippen LogP contribution in [0, 0.1) is 11.3 Å². The molecule has 1 fully saturated rings. The second-order valence-electron chi connectivity index (χ2n) is 6.58. The minimum atomic E-state index is -0.312. The number of halogens is 1. The molecule has 3 aromatic rings. The molecular formula is C22H18ClN3O2. The van der Waals surface area contributed by atoms with E-state index in [2.05, 4.69) is 9.88 Å². The third-order valence-corrected chi connectivity index (χ3v) is 5.07. The number of nitrogens with one attached hydrogen (secondary N) is 1. The highest BCUT2D eigenvalue weighted by Gasteiger charge is 2.17. The molecule has 0 amide bonds. The molecule has 1 aliphatic rings. The van der Waals surface area contributed by atoms with E-state index in [9.17, 15) is 10.1 Å². The van der Waals surface area contributed by atoms with E-state index in [-0.39, 0.29) is 11.4 Å². The first kappa shape index (κ1) is 18.3. The maximum atomic E-state index is 12.9. The first-order valence-corrected chi connectivity index (χ1v) is 9.39. The average molecular weight is 392 g/mol. The molecule has 140 valence electrons. The van der Waals surface area contributed by atoms with Crippen molar-refractivity contribution in [3.8, 4) is 6.07 Å². The molecule has 0 radical (unpaired) electrons. The van der Waals surface area contributed by atoms with E-state index >= 15 is 0 Å².